The fourth-order valence-electron chi connectivity index (χ4n) is 2.90. The number of carbonyl (C=O) groups is 1. The number of aliphatic hydroxyl groups excluding tert-OH is 1. The summed E-state index contributed by atoms with van der Waals surface area (Å²) in [5.41, 5.74) is -1.14. The third-order valence-electron chi connectivity index (χ3n) is 4.49. The second-order valence-corrected chi connectivity index (χ2v) is 8.42. The number of carbonyl (C=O) groups excluding carboxylic acids is 1. The Hall–Kier alpha value is -2.50. The number of sulfonamides is 1. The van der Waals surface area contributed by atoms with Crippen LogP contribution in [0, 0.1) is 23.3 Å². The molecule has 29 heavy (non-hydrogen) atoms. The molecule has 0 radical (unpaired) electrons. The first-order valence-corrected chi connectivity index (χ1v) is 9.97. The highest BCUT2D eigenvalue weighted by atomic mass is 32.2. The molecular formula is C18H16F4N2O4S. The zero-order valence-electron chi connectivity index (χ0n) is 14.8. The van der Waals surface area contributed by atoms with Gasteiger partial charge in [-0.25, -0.2) is 26.0 Å². The molecule has 2 N–H and O–H groups in total. The van der Waals surface area contributed by atoms with Gasteiger partial charge >= 0.3 is 0 Å². The summed E-state index contributed by atoms with van der Waals surface area (Å²) >= 11 is 0. The number of anilines is 1. The van der Waals surface area contributed by atoms with E-state index in [4.69, 9.17) is 0 Å². The summed E-state index contributed by atoms with van der Waals surface area (Å²) in [6, 6.07) is 3.60. The molecule has 2 aromatic rings. The van der Waals surface area contributed by atoms with Crippen LogP contribution in [-0.2, 0) is 10.0 Å². The fraction of sp³-hybridized carbons (Fsp3) is 0.278. The second kappa shape index (κ2) is 8.09. The van der Waals surface area contributed by atoms with Gasteiger partial charge in [0.1, 0.15) is 5.82 Å². The predicted molar refractivity (Wildman–Crippen MR) is 94.7 cm³/mol. The molecule has 3 rings (SSSR count). The normalized spacial score (nSPS) is 16.0. The minimum absolute atomic E-state index is 0.0660. The second-order valence-electron chi connectivity index (χ2n) is 6.48. The van der Waals surface area contributed by atoms with Crippen LogP contribution in [0.15, 0.2) is 35.2 Å². The highest BCUT2D eigenvalue weighted by Crippen LogP contribution is 2.24. The van der Waals surface area contributed by atoms with E-state index in [1.165, 1.54) is 0 Å². The van der Waals surface area contributed by atoms with Crippen molar-refractivity contribution in [2.45, 2.75) is 23.8 Å². The number of rotatable bonds is 4. The Balaban J connectivity index is 1.88. The van der Waals surface area contributed by atoms with Gasteiger partial charge in [-0.05, 0) is 31.0 Å². The lowest BCUT2D eigenvalue weighted by Crippen LogP contribution is -2.40. The SMILES string of the molecule is O=C(Nc1cc(F)c(F)c(F)c1)c1cc(S(=O)(=O)N2CCC(O)CC2)ccc1F. The molecule has 1 aliphatic rings. The molecule has 0 bridgehead atoms. The van der Waals surface area contributed by atoms with Crippen LogP contribution in [0.1, 0.15) is 23.2 Å². The van der Waals surface area contributed by atoms with Crippen LogP contribution in [-0.4, -0.2) is 42.9 Å². The molecule has 0 aliphatic carbocycles. The van der Waals surface area contributed by atoms with E-state index in [0.29, 0.717) is 12.1 Å². The molecule has 1 saturated heterocycles. The number of nitrogens with one attached hydrogen (secondary N) is 1. The van der Waals surface area contributed by atoms with E-state index in [1.807, 2.05) is 5.32 Å². The summed E-state index contributed by atoms with van der Waals surface area (Å²) < 4.78 is 80.2. The molecule has 1 heterocycles. The fourth-order valence-corrected chi connectivity index (χ4v) is 4.39. The predicted octanol–water partition coefficient (Wildman–Crippen LogP) is 2.64. The summed E-state index contributed by atoms with van der Waals surface area (Å²) in [5, 5.41) is 11.5. The van der Waals surface area contributed by atoms with Gasteiger partial charge < -0.3 is 10.4 Å². The molecule has 0 aromatic heterocycles. The van der Waals surface area contributed by atoms with Crippen molar-refractivity contribution >= 4 is 21.6 Å². The molecule has 0 spiro atoms. The Morgan fingerprint density at radius 3 is 2.17 bits per heavy atom. The molecule has 1 fully saturated rings. The van der Waals surface area contributed by atoms with E-state index in [0.717, 1.165) is 22.5 Å². The molecule has 6 nitrogen and oxygen atoms in total. The third kappa shape index (κ3) is 4.41. The molecular weight excluding hydrogens is 416 g/mol. The molecule has 1 amide bonds. The van der Waals surface area contributed by atoms with Crippen LogP contribution in [0.5, 0.6) is 0 Å². The maximum Gasteiger partial charge on any atom is 0.258 e. The number of amides is 1. The number of aliphatic hydroxyl groups is 1. The molecule has 0 saturated carbocycles. The zero-order valence-corrected chi connectivity index (χ0v) is 15.6. The van der Waals surface area contributed by atoms with Crippen molar-refractivity contribution in [2.24, 2.45) is 0 Å². The maximum absolute atomic E-state index is 14.1. The topological polar surface area (TPSA) is 86.7 Å². The van der Waals surface area contributed by atoms with Crippen molar-refractivity contribution in [3.63, 3.8) is 0 Å². The van der Waals surface area contributed by atoms with Crippen molar-refractivity contribution in [1.82, 2.24) is 4.31 Å². The molecule has 2 aromatic carbocycles. The highest BCUT2D eigenvalue weighted by molar-refractivity contribution is 7.89. The average molecular weight is 432 g/mol. The van der Waals surface area contributed by atoms with Gasteiger partial charge in [-0.1, -0.05) is 0 Å². The van der Waals surface area contributed by atoms with Gasteiger partial charge in [0.15, 0.2) is 17.5 Å². The lowest BCUT2D eigenvalue weighted by Gasteiger charge is -2.28. The van der Waals surface area contributed by atoms with E-state index in [2.05, 4.69) is 0 Å². The quantitative estimate of drug-likeness (QED) is 0.575. The minimum Gasteiger partial charge on any atom is -0.393 e. The standard InChI is InChI=1S/C18H16F4N2O4S/c19-14-2-1-12(29(27,28)24-5-3-11(25)4-6-24)9-13(14)18(26)23-10-7-15(20)17(22)16(21)8-10/h1-2,7-9,11,25H,3-6H2,(H,23,26). The van der Waals surface area contributed by atoms with Crippen LogP contribution in [0.3, 0.4) is 0 Å². The number of piperidine rings is 1. The van der Waals surface area contributed by atoms with Crippen molar-refractivity contribution in [3.05, 3.63) is 59.2 Å². The monoisotopic (exact) mass is 432 g/mol. The maximum atomic E-state index is 14.1. The molecule has 0 atom stereocenters. The first-order valence-electron chi connectivity index (χ1n) is 8.53. The lowest BCUT2D eigenvalue weighted by molar-refractivity contribution is 0.102. The Morgan fingerprint density at radius 2 is 1.59 bits per heavy atom. The van der Waals surface area contributed by atoms with Crippen LogP contribution in [0.4, 0.5) is 23.2 Å². The van der Waals surface area contributed by atoms with Gasteiger partial charge in [-0.3, -0.25) is 4.79 Å². The molecule has 11 heteroatoms. The Morgan fingerprint density at radius 1 is 1.00 bits per heavy atom. The van der Waals surface area contributed by atoms with Gasteiger partial charge in [0, 0.05) is 30.9 Å². The van der Waals surface area contributed by atoms with E-state index >= 15 is 0 Å². The first-order chi connectivity index (χ1) is 13.6. The van der Waals surface area contributed by atoms with Crippen LogP contribution < -0.4 is 5.32 Å². The van der Waals surface area contributed by atoms with Gasteiger partial charge in [0.2, 0.25) is 10.0 Å². The van der Waals surface area contributed by atoms with E-state index in [-0.39, 0.29) is 30.8 Å². The van der Waals surface area contributed by atoms with Crippen molar-refractivity contribution in [2.75, 3.05) is 18.4 Å². The average Bonchev–Trinajstić information content (AvgIpc) is 2.66. The Bertz CT molecular complexity index is 1030. The van der Waals surface area contributed by atoms with Gasteiger partial charge in [-0.2, -0.15) is 4.31 Å². The Kier molecular flexibility index (Phi) is 5.92. The van der Waals surface area contributed by atoms with Crippen LogP contribution >= 0.6 is 0 Å². The number of hydrogen-bond acceptors (Lipinski definition) is 4. The third-order valence-corrected chi connectivity index (χ3v) is 6.38. The van der Waals surface area contributed by atoms with Crippen molar-refractivity contribution in [1.29, 1.82) is 0 Å². The van der Waals surface area contributed by atoms with E-state index < -0.39 is 56.6 Å². The van der Waals surface area contributed by atoms with E-state index in [9.17, 15) is 35.9 Å². The largest absolute Gasteiger partial charge is 0.393 e. The summed E-state index contributed by atoms with van der Waals surface area (Å²) in [5.74, 6) is -7.06. The molecule has 156 valence electrons. The summed E-state index contributed by atoms with van der Waals surface area (Å²) in [7, 11) is -4.04. The smallest absolute Gasteiger partial charge is 0.258 e. The summed E-state index contributed by atoms with van der Waals surface area (Å²) in [6.07, 6.45) is -0.113. The van der Waals surface area contributed by atoms with Crippen molar-refractivity contribution < 1.29 is 35.9 Å². The highest BCUT2D eigenvalue weighted by Gasteiger charge is 2.30. The van der Waals surface area contributed by atoms with Crippen LogP contribution in [0.25, 0.3) is 0 Å². The first kappa shape index (κ1) is 21.2. The summed E-state index contributed by atoms with van der Waals surface area (Å²) in [6.45, 7) is 0.132. The van der Waals surface area contributed by atoms with Crippen LogP contribution in [0.2, 0.25) is 0 Å². The van der Waals surface area contributed by atoms with E-state index in [1.54, 1.807) is 0 Å². The molecule has 0 unspecified atom stereocenters. The Labute approximate surface area is 163 Å². The van der Waals surface area contributed by atoms with Gasteiger partial charge in [0.25, 0.3) is 5.91 Å². The number of benzene rings is 2. The number of nitrogens with zero attached hydrogens (tertiary/aromatic N) is 1. The van der Waals surface area contributed by atoms with Gasteiger partial charge in [0.05, 0.1) is 16.6 Å². The number of halogens is 4. The zero-order chi connectivity index (χ0) is 21.3. The molecule has 1 aliphatic heterocycles. The van der Waals surface area contributed by atoms with Gasteiger partial charge in [-0.15, -0.1) is 0 Å². The van der Waals surface area contributed by atoms with Crippen molar-refractivity contribution in [3.8, 4) is 0 Å². The minimum atomic E-state index is -4.04. The summed E-state index contributed by atoms with van der Waals surface area (Å²) in [4.78, 5) is 12.0. The lowest BCUT2D eigenvalue weighted by atomic mass is 10.1. The number of hydrogen-bond donors (Lipinski definition) is 2.